The number of hydrogen-bond acceptors (Lipinski definition) is 4. The molecule has 1 unspecified atom stereocenters. The highest BCUT2D eigenvalue weighted by Crippen LogP contribution is 2.28. The predicted octanol–water partition coefficient (Wildman–Crippen LogP) is 2.43. The number of ether oxygens (including phenoxy) is 2. The first-order valence-corrected chi connectivity index (χ1v) is 5.90. The Balaban J connectivity index is 3.18. The highest BCUT2D eigenvalue weighted by atomic mass is 16.5. The summed E-state index contributed by atoms with van der Waals surface area (Å²) in [6.07, 6.45) is 0.831. The average Bonchev–Trinajstić information content (AvgIpc) is 2.39. The van der Waals surface area contributed by atoms with E-state index in [9.17, 15) is 4.79 Å². The van der Waals surface area contributed by atoms with Gasteiger partial charge < -0.3 is 9.47 Å². The molecule has 0 aromatic heterocycles. The number of nitrogens with zero attached hydrogens (tertiary/aromatic N) is 1. The second kappa shape index (κ2) is 6.65. The van der Waals surface area contributed by atoms with Gasteiger partial charge in [-0.05, 0) is 25.0 Å². The molecular weight excluding hydrogens is 230 g/mol. The molecule has 0 bridgehead atoms. The molecule has 0 aliphatic heterocycles. The number of esters is 1. The molecule has 4 heteroatoms. The fourth-order valence-corrected chi connectivity index (χ4v) is 1.70. The maximum atomic E-state index is 11.7. The fraction of sp³-hybridized carbons (Fsp3) is 0.429. The van der Waals surface area contributed by atoms with Crippen molar-refractivity contribution in [2.75, 3.05) is 13.7 Å². The molecule has 0 N–H and O–H groups in total. The second-order valence-corrected chi connectivity index (χ2v) is 3.74. The van der Waals surface area contributed by atoms with Gasteiger partial charge in [0, 0.05) is 5.56 Å². The number of carbonyl (C=O) groups is 1. The van der Waals surface area contributed by atoms with Crippen molar-refractivity contribution in [2.24, 2.45) is 0 Å². The Hall–Kier alpha value is -2.02. The minimum absolute atomic E-state index is 0.257. The van der Waals surface area contributed by atoms with Crippen LogP contribution in [0, 0.1) is 11.3 Å². The highest BCUT2D eigenvalue weighted by molar-refractivity contribution is 5.82. The summed E-state index contributed by atoms with van der Waals surface area (Å²) < 4.78 is 10.1. The van der Waals surface area contributed by atoms with Gasteiger partial charge in [-0.2, -0.15) is 5.26 Å². The van der Waals surface area contributed by atoms with Crippen LogP contribution in [0.3, 0.4) is 0 Å². The van der Waals surface area contributed by atoms with E-state index >= 15 is 0 Å². The molecule has 18 heavy (non-hydrogen) atoms. The Kier molecular flexibility index (Phi) is 5.19. The minimum atomic E-state index is -0.939. The van der Waals surface area contributed by atoms with Gasteiger partial charge in [0.1, 0.15) is 5.75 Å². The van der Waals surface area contributed by atoms with Gasteiger partial charge in [0.25, 0.3) is 0 Å². The van der Waals surface area contributed by atoms with Gasteiger partial charge in [-0.15, -0.1) is 0 Å². The lowest BCUT2D eigenvalue weighted by Crippen LogP contribution is -2.15. The standard InChI is InChI=1S/C14H17NO3/c1-4-10-6-7-13(17-3)11(8-10)12(9-15)14(16)18-5-2/h6-8,12H,4-5H2,1-3H3. The average molecular weight is 247 g/mol. The molecule has 0 radical (unpaired) electrons. The maximum absolute atomic E-state index is 11.7. The second-order valence-electron chi connectivity index (χ2n) is 3.74. The van der Waals surface area contributed by atoms with Crippen molar-refractivity contribution in [3.63, 3.8) is 0 Å². The molecule has 0 saturated heterocycles. The summed E-state index contributed by atoms with van der Waals surface area (Å²) in [6, 6.07) is 7.49. The molecule has 0 saturated carbocycles. The van der Waals surface area contributed by atoms with Crippen molar-refractivity contribution in [1.82, 2.24) is 0 Å². The number of methoxy groups -OCH3 is 1. The topological polar surface area (TPSA) is 59.3 Å². The first-order chi connectivity index (χ1) is 8.67. The zero-order valence-electron chi connectivity index (χ0n) is 10.9. The summed E-state index contributed by atoms with van der Waals surface area (Å²) in [5.41, 5.74) is 1.62. The van der Waals surface area contributed by atoms with E-state index in [0.29, 0.717) is 11.3 Å². The molecular formula is C14H17NO3. The smallest absolute Gasteiger partial charge is 0.328 e. The molecule has 0 aliphatic rings. The molecule has 1 aromatic rings. The zero-order chi connectivity index (χ0) is 13.5. The molecule has 4 nitrogen and oxygen atoms in total. The third-order valence-electron chi connectivity index (χ3n) is 2.66. The number of rotatable bonds is 5. The lowest BCUT2D eigenvalue weighted by molar-refractivity contribution is -0.143. The molecule has 0 heterocycles. The van der Waals surface area contributed by atoms with E-state index in [0.717, 1.165) is 12.0 Å². The van der Waals surface area contributed by atoms with Crippen molar-refractivity contribution in [1.29, 1.82) is 5.26 Å². The SMILES string of the molecule is CCOC(=O)C(C#N)c1cc(CC)ccc1OC. The molecule has 96 valence electrons. The molecule has 1 atom stereocenters. The number of nitriles is 1. The van der Waals surface area contributed by atoms with Crippen LogP contribution >= 0.6 is 0 Å². The van der Waals surface area contributed by atoms with Gasteiger partial charge in [-0.3, -0.25) is 4.79 Å². The van der Waals surface area contributed by atoms with E-state index in [-0.39, 0.29) is 6.61 Å². The van der Waals surface area contributed by atoms with Gasteiger partial charge in [-0.25, -0.2) is 0 Å². The minimum Gasteiger partial charge on any atom is -0.496 e. The Bertz CT molecular complexity index is 463. The van der Waals surface area contributed by atoms with Gasteiger partial charge in [0.15, 0.2) is 5.92 Å². The van der Waals surface area contributed by atoms with Crippen molar-refractivity contribution in [2.45, 2.75) is 26.2 Å². The Labute approximate surface area is 107 Å². The van der Waals surface area contributed by atoms with Crippen LogP contribution in [-0.4, -0.2) is 19.7 Å². The van der Waals surface area contributed by atoms with E-state index in [4.69, 9.17) is 14.7 Å². The van der Waals surface area contributed by atoms with Crippen LogP contribution in [0.4, 0.5) is 0 Å². The van der Waals surface area contributed by atoms with Gasteiger partial charge in [0.05, 0.1) is 19.8 Å². The van der Waals surface area contributed by atoms with Crippen LogP contribution in [-0.2, 0) is 16.0 Å². The van der Waals surface area contributed by atoms with Crippen LogP contribution in [0.15, 0.2) is 18.2 Å². The molecule has 0 fully saturated rings. The Morgan fingerprint density at radius 2 is 2.17 bits per heavy atom. The van der Waals surface area contributed by atoms with Crippen LogP contribution in [0.5, 0.6) is 5.75 Å². The van der Waals surface area contributed by atoms with E-state index in [1.165, 1.54) is 7.11 Å². The van der Waals surface area contributed by atoms with Gasteiger partial charge in [-0.1, -0.05) is 19.1 Å². The Morgan fingerprint density at radius 3 is 2.67 bits per heavy atom. The predicted molar refractivity (Wildman–Crippen MR) is 67.4 cm³/mol. The van der Waals surface area contributed by atoms with E-state index in [2.05, 4.69) is 0 Å². The summed E-state index contributed by atoms with van der Waals surface area (Å²) >= 11 is 0. The third-order valence-corrected chi connectivity index (χ3v) is 2.66. The van der Waals surface area contributed by atoms with Gasteiger partial charge >= 0.3 is 5.97 Å². The summed E-state index contributed by atoms with van der Waals surface area (Å²) in [6.45, 7) is 3.98. The Morgan fingerprint density at radius 1 is 1.44 bits per heavy atom. The molecule has 0 aliphatic carbocycles. The first-order valence-electron chi connectivity index (χ1n) is 5.90. The van der Waals surface area contributed by atoms with E-state index in [1.54, 1.807) is 13.0 Å². The van der Waals surface area contributed by atoms with Crippen LogP contribution < -0.4 is 4.74 Å². The molecule has 1 aromatic carbocycles. The molecule has 1 rings (SSSR count). The van der Waals surface area contributed by atoms with Crippen LogP contribution in [0.25, 0.3) is 0 Å². The summed E-state index contributed by atoms with van der Waals surface area (Å²) in [5.74, 6) is -0.940. The van der Waals surface area contributed by atoms with Crippen LogP contribution in [0.2, 0.25) is 0 Å². The molecule has 0 spiro atoms. The lowest BCUT2D eigenvalue weighted by atomic mass is 9.96. The number of benzene rings is 1. The van der Waals surface area contributed by atoms with E-state index < -0.39 is 11.9 Å². The summed E-state index contributed by atoms with van der Waals surface area (Å²) in [5, 5.41) is 9.15. The highest BCUT2D eigenvalue weighted by Gasteiger charge is 2.25. The fourth-order valence-electron chi connectivity index (χ4n) is 1.70. The number of aryl methyl sites for hydroxylation is 1. The van der Waals surface area contributed by atoms with Crippen molar-refractivity contribution >= 4 is 5.97 Å². The first kappa shape index (κ1) is 14.0. The lowest BCUT2D eigenvalue weighted by Gasteiger charge is -2.14. The monoisotopic (exact) mass is 247 g/mol. The zero-order valence-corrected chi connectivity index (χ0v) is 10.9. The van der Waals surface area contributed by atoms with Gasteiger partial charge in [0.2, 0.25) is 0 Å². The number of hydrogen-bond donors (Lipinski definition) is 0. The number of carbonyl (C=O) groups excluding carboxylic acids is 1. The van der Waals surface area contributed by atoms with Crippen molar-refractivity contribution < 1.29 is 14.3 Å². The van der Waals surface area contributed by atoms with Crippen molar-refractivity contribution in [3.8, 4) is 11.8 Å². The molecule has 0 amide bonds. The van der Waals surface area contributed by atoms with Crippen LogP contribution in [0.1, 0.15) is 30.9 Å². The normalized spacial score (nSPS) is 11.4. The van der Waals surface area contributed by atoms with E-state index in [1.807, 2.05) is 25.1 Å². The largest absolute Gasteiger partial charge is 0.496 e. The maximum Gasteiger partial charge on any atom is 0.328 e. The van der Waals surface area contributed by atoms with Crippen molar-refractivity contribution in [3.05, 3.63) is 29.3 Å². The summed E-state index contributed by atoms with van der Waals surface area (Å²) in [4.78, 5) is 11.7. The quantitative estimate of drug-likeness (QED) is 0.750. The summed E-state index contributed by atoms with van der Waals surface area (Å²) in [7, 11) is 1.52. The third kappa shape index (κ3) is 3.01.